The average molecular weight is 502 g/mol. The van der Waals surface area contributed by atoms with Gasteiger partial charge < -0.3 is 19.7 Å². The number of esters is 1. The van der Waals surface area contributed by atoms with Crippen LogP contribution in [-0.4, -0.2) is 57.0 Å². The molecule has 0 saturated carbocycles. The number of aromatic nitrogens is 1. The topological polar surface area (TPSA) is 109 Å². The standard InChI is InChI=1S/C29H43NO6/c1-17-10-11-21(30-16-17)13-19(3)22-14-24-29(7,36-24)12-8-9-18(2)26(33)20(4)27(34)28(5,6)23(31)15-25(32)35-22/h10-11,13,16,18,20,22-24,26,31,33H,8-9,12,14-15H2,1-7H3/b19-13+/t18?,20-,22+,23+,24+,26?,29-/m1/s1. The third kappa shape index (κ3) is 6.61. The van der Waals surface area contributed by atoms with Crippen molar-refractivity contribution in [3.8, 4) is 0 Å². The number of aryl methyl sites for hydroxylation is 1. The maximum Gasteiger partial charge on any atom is 0.309 e. The van der Waals surface area contributed by atoms with Crippen LogP contribution in [0.25, 0.3) is 6.08 Å². The Morgan fingerprint density at radius 1 is 1.17 bits per heavy atom. The van der Waals surface area contributed by atoms with Crippen LogP contribution in [0.2, 0.25) is 0 Å². The number of cyclic esters (lactones) is 1. The Hall–Kier alpha value is -2.09. The predicted molar refractivity (Wildman–Crippen MR) is 138 cm³/mol. The maximum atomic E-state index is 13.2. The summed E-state index contributed by atoms with van der Waals surface area (Å²) in [5.41, 5.74) is 1.16. The lowest BCUT2D eigenvalue weighted by atomic mass is 9.73. The number of fused-ring (bicyclic) bond motifs is 1. The van der Waals surface area contributed by atoms with Crippen molar-refractivity contribution < 1.29 is 29.3 Å². The quantitative estimate of drug-likeness (QED) is 0.456. The Balaban J connectivity index is 1.86. The molecule has 2 fully saturated rings. The minimum atomic E-state index is -1.23. The lowest BCUT2D eigenvalue weighted by molar-refractivity contribution is -0.154. The monoisotopic (exact) mass is 501 g/mol. The molecule has 2 aliphatic rings. The van der Waals surface area contributed by atoms with E-state index < -0.39 is 35.6 Å². The number of nitrogens with zero attached hydrogens (tertiary/aromatic N) is 1. The molecule has 7 nitrogen and oxygen atoms in total. The highest BCUT2D eigenvalue weighted by Crippen LogP contribution is 2.45. The van der Waals surface area contributed by atoms with Gasteiger partial charge in [-0.1, -0.05) is 40.2 Å². The van der Waals surface area contributed by atoms with Crippen molar-refractivity contribution in [1.82, 2.24) is 4.98 Å². The van der Waals surface area contributed by atoms with Gasteiger partial charge in [-0.05, 0) is 62.8 Å². The van der Waals surface area contributed by atoms with E-state index in [4.69, 9.17) is 9.47 Å². The fourth-order valence-corrected chi connectivity index (χ4v) is 5.19. The molecule has 3 heterocycles. The zero-order valence-corrected chi connectivity index (χ0v) is 22.8. The molecule has 0 radical (unpaired) electrons. The van der Waals surface area contributed by atoms with Gasteiger partial charge in [-0.15, -0.1) is 0 Å². The van der Waals surface area contributed by atoms with Crippen LogP contribution in [0, 0.1) is 24.2 Å². The predicted octanol–water partition coefficient (Wildman–Crippen LogP) is 4.42. The van der Waals surface area contributed by atoms with Crippen molar-refractivity contribution in [2.75, 3.05) is 0 Å². The Morgan fingerprint density at radius 2 is 1.86 bits per heavy atom. The summed E-state index contributed by atoms with van der Waals surface area (Å²) in [6.45, 7) is 12.9. The number of epoxide rings is 1. The van der Waals surface area contributed by atoms with Gasteiger partial charge in [-0.2, -0.15) is 0 Å². The van der Waals surface area contributed by atoms with E-state index in [-0.39, 0.29) is 29.8 Å². The fourth-order valence-electron chi connectivity index (χ4n) is 5.19. The van der Waals surface area contributed by atoms with Gasteiger partial charge in [0.2, 0.25) is 0 Å². The second-order valence-electron chi connectivity index (χ2n) is 11.7. The number of rotatable bonds is 2. The average Bonchev–Trinajstić information content (AvgIpc) is 3.46. The molecule has 0 aliphatic carbocycles. The first-order chi connectivity index (χ1) is 16.7. The summed E-state index contributed by atoms with van der Waals surface area (Å²) in [6.07, 6.45) is 3.69. The van der Waals surface area contributed by atoms with Crippen LogP contribution in [-0.2, 0) is 19.1 Å². The molecule has 1 aromatic rings. The Labute approximate surface area is 215 Å². The molecule has 1 aromatic heterocycles. The normalized spacial score (nSPS) is 36.6. The fraction of sp³-hybridized carbons (Fsp3) is 0.690. The zero-order chi connectivity index (χ0) is 26.8. The first kappa shape index (κ1) is 28.5. The van der Waals surface area contributed by atoms with Crippen molar-refractivity contribution in [3.05, 3.63) is 35.2 Å². The maximum absolute atomic E-state index is 13.2. The van der Waals surface area contributed by atoms with E-state index in [0.717, 1.165) is 36.1 Å². The first-order valence-electron chi connectivity index (χ1n) is 13.1. The number of aliphatic hydroxyl groups is 2. The molecular formula is C29H43NO6. The van der Waals surface area contributed by atoms with Gasteiger partial charge in [0.1, 0.15) is 11.9 Å². The number of pyridine rings is 1. The van der Waals surface area contributed by atoms with Crippen molar-refractivity contribution in [1.29, 1.82) is 0 Å². The minimum absolute atomic E-state index is 0.0559. The van der Waals surface area contributed by atoms with Gasteiger partial charge in [0.15, 0.2) is 0 Å². The van der Waals surface area contributed by atoms with E-state index in [1.54, 1.807) is 27.0 Å². The highest BCUT2D eigenvalue weighted by Gasteiger charge is 2.53. The van der Waals surface area contributed by atoms with Crippen LogP contribution in [0.5, 0.6) is 0 Å². The number of hydrogen-bond donors (Lipinski definition) is 2. The molecule has 36 heavy (non-hydrogen) atoms. The van der Waals surface area contributed by atoms with Gasteiger partial charge in [-0.25, -0.2) is 0 Å². The summed E-state index contributed by atoms with van der Waals surface area (Å²) in [4.78, 5) is 30.6. The van der Waals surface area contributed by atoms with E-state index >= 15 is 0 Å². The number of carbonyl (C=O) groups is 2. The molecule has 2 N–H and O–H groups in total. The third-order valence-electron chi connectivity index (χ3n) is 8.22. The largest absolute Gasteiger partial charge is 0.458 e. The summed E-state index contributed by atoms with van der Waals surface area (Å²) in [5, 5.41) is 21.7. The molecule has 0 spiro atoms. The van der Waals surface area contributed by atoms with Gasteiger partial charge in [0.05, 0.1) is 41.4 Å². The van der Waals surface area contributed by atoms with Crippen LogP contribution in [0.4, 0.5) is 0 Å². The number of Topliss-reactive ketones (excluding diaryl/α,β-unsaturated/α-hetero) is 1. The molecule has 7 heteroatoms. The molecule has 0 bridgehead atoms. The van der Waals surface area contributed by atoms with Crippen LogP contribution in [0.15, 0.2) is 23.9 Å². The number of hydrogen-bond acceptors (Lipinski definition) is 7. The highest BCUT2D eigenvalue weighted by molar-refractivity contribution is 5.88. The molecule has 2 aliphatic heterocycles. The van der Waals surface area contributed by atoms with Gasteiger partial charge in [0.25, 0.3) is 0 Å². The number of ether oxygens (including phenoxy) is 2. The summed E-state index contributed by atoms with van der Waals surface area (Å²) in [7, 11) is 0. The second kappa shape index (κ2) is 11.1. The molecule has 7 atom stereocenters. The summed E-state index contributed by atoms with van der Waals surface area (Å²) in [5.74, 6) is -1.57. The van der Waals surface area contributed by atoms with Crippen LogP contribution < -0.4 is 0 Å². The SMILES string of the molecule is C/C(=C\c1ccc(C)cn1)[C@@H]1C[C@@H]2O[C@]2(C)CCCC(C)C(O)[C@@H](C)C(=O)C(C)(C)[C@@H](O)CC(=O)O1. The van der Waals surface area contributed by atoms with Crippen LogP contribution >= 0.6 is 0 Å². The lowest BCUT2D eigenvalue weighted by Crippen LogP contribution is -2.45. The van der Waals surface area contributed by atoms with Gasteiger partial charge in [-0.3, -0.25) is 14.6 Å². The van der Waals surface area contributed by atoms with Gasteiger partial charge in [0, 0.05) is 18.5 Å². The molecule has 200 valence electrons. The van der Waals surface area contributed by atoms with Gasteiger partial charge >= 0.3 is 5.97 Å². The molecular weight excluding hydrogens is 458 g/mol. The van der Waals surface area contributed by atoms with E-state index in [9.17, 15) is 19.8 Å². The van der Waals surface area contributed by atoms with Crippen molar-refractivity contribution in [2.45, 2.75) is 111 Å². The van der Waals surface area contributed by atoms with Crippen molar-refractivity contribution in [2.24, 2.45) is 17.3 Å². The van der Waals surface area contributed by atoms with Crippen LogP contribution in [0.1, 0.15) is 84.9 Å². The third-order valence-corrected chi connectivity index (χ3v) is 8.22. The molecule has 0 amide bonds. The second-order valence-corrected chi connectivity index (χ2v) is 11.7. The number of carbonyl (C=O) groups excluding carboxylic acids is 2. The molecule has 2 saturated heterocycles. The van der Waals surface area contributed by atoms with Crippen molar-refractivity contribution in [3.63, 3.8) is 0 Å². The number of ketones is 1. The lowest BCUT2D eigenvalue weighted by Gasteiger charge is -2.34. The smallest absolute Gasteiger partial charge is 0.309 e. The van der Waals surface area contributed by atoms with E-state index in [2.05, 4.69) is 11.9 Å². The van der Waals surface area contributed by atoms with E-state index in [1.165, 1.54) is 0 Å². The summed E-state index contributed by atoms with van der Waals surface area (Å²) >= 11 is 0. The number of aliphatic hydroxyl groups excluding tert-OH is 2. The van der Waals surface area contributed by atoms with Crippen LogP contribution in [0.3, 0.4) is 0 Å². The molecule has 0 aromatic carbocycles. The Morgan fingerprint density at radius 3 is 2.50 bits per heavy atom. The zero-order valence-electron chi connectivity index (χ0n) is 22.8. The molecule has 3 rings (SSSR count). The molecule has 2 unspecified atom stereocenters. The van der Waals surface area contributed by atoms with E-state index in [1.807, 2.05) is 39.0 Å². The summed E-state index contributed by atoms with van der Waals surface area (Å²) in [6, 6.07) is 3.90. The highest BCUT2D eigenvalue weighted by atomic mass is 16.6. The van der Waals surface area contributed by atoms with Crippen molar-refractivity contribution >= 4 is 17.8 Å². The Kier molecular flexibility index (Phi) is 8.79. The summed E-state index contributed by atoms with van der Waals surface area (Å²) < 4.78 is 11.9. The first-order valence-corrected chi connectivity index (χ1v) is 13.1. The minimum Gasteiger partial charge on any atom is -0.458 e. The van der Waals surface area contributed by atoms with E-state index in [0.29, 0.717) is 6.42 Å². The Bertz CT molecular complexity index is 970.